The highest BCUT2D eigenvalue weighted by Crippen LogP contribution is 2.42. The van der Waals surface area contributed by atoms with E-state index in [2.05, 4.69) is 27.8 Å². The average Bonchev–Trinajstić information content (AvgIpc) is 3.06. The van der Waals surface area contributed by atoms with E-state index < -0.39 is 5.60 Å². The fraction of sp³-hybridized carbons (Fsp3) is 0.310. The van der Waals surface area contributed by atoms with Gasteiger partial charge in [-0.3, -0.25) is 10.3 Å². The number of benzene rings is 2. The molecule has 0 aliphatic carbocycles. The lowest BCUT2D eigenvalue weighted by Gasteiger charge is -2.43. The Morgan fingerprint density at radius 3 is 2.94 bits per heavy atom. The molecule has 2 aromatic carbocycles. The number of nitrogens with zero attached hydrogens (tertiary/aromatic N) is 1. The monoisotopic (exact) mass is 483 g/mol. The quantitative estimate of drug-likeness (QED) is 0.517. The number of hydrogen-bond donors (Lipinski definition) is 2. The molecule has 6 rings (SSSR count). The van der Waals surface area contributed by atoms with Gasteiger partial charge in [0, 0.05) is 35.5 Å². The van der Waals surface area contributed by atoms with E-state index in [0.29, 0.717) is 19.2 Å². The van der Waals surface area contributed by atoms with Crippen molar-refractivity contribution in [2.24, 2.45) is 0 Å². The van der Waals surface area contributed by atoms with Gasteiger partial charge < -0.3 is 19.5 Å². The summed E-state index contributed by atoms with van der Waals surface area (Å²) in [5.41, 5.74) is 5.46. The van der Waals surface area contributed by atoms with Gasteiger partial charge in [-0.05, 0) is 61.6 Å². The Morgan fingerprint density at radius 1 is 1.17 bits per heavy atom. The van der Waals surface area contributed by atoms with E-state index in [9.17, 15) is 4.79 Å². The molecular formula is C29H29N3O4. The predicted molar refractivity (Wildman–Crippen MR) is 137 cm³/mol. The van der Waals surface area contributed by atoms with Crippen LogP contribution in [0.25, 0.3) is 5.57 Å². The molecule has 7 heteroatoms. The summed E-state index contributed by atoms with van der Waals surface area (Å²) in [5, 5.41) is 6.48. The van der Waals surface area contributed by atoms with E-state index in [1.807, 2.05) is 54.7 Å². The summed E-state index contributed by atoms with van der Waals surface area (Å²) in [6, 6.07) is 18.3. The maximum atomic E-state index is 12.2. The average molecular weight is 484 g/mol. The smallest absolute Gasteiger partial charge is 0.412 e. The molecule has 3 aliphatic heterocycles. The normalized spacial score (nSPS) is 23.4. The van der Waals surface area contributed by atoms with Crippen molar-refractivity contribution in [3.8, 4) is 11.5 Å². The number of para-hydroxylation sites is 1. The molecule has 1 spiro atoms. The minimum Gasteiger partial charge on any atom is -0.497 e. The molecule has 36 heavy (non-hydrogen) atoms. The zero-order chi connectivity index (χ0) is 24.5. The molecule has 3 aliphatic rings. The van der Waals surface area contributed by atoms with Crippen molar-refractivity contribution < 1.29 is 19.0 Å². The van der Waals surface area contributed by atoms with E-state index in [0.717, 1.165) is 70.8 Å². The van der Waals surface area contributed by atoms with Gasteiger partial charge in [0.15, 0.2) is 5.60 Å². The van der Waals surface area contributed by atoms with Crippen LogP contribution < -0.4 is 20.1 Å². The summed E-state index contributed by atoms with van der Waals surface area (Å²) in [5.74, 6) is 1.64. The Hall–Kier alpha value is -3.84. The Labute approximate surface area is 210 Å². The van der Waals surface area contributed by atoms with Gasteiger partial charge in [-0.25, -0.2) is 4.79 Å². The fourth-order valence-electron chi connectivity index (χ4n) is 5.54. The van der Waals surface area contributed by atoms with Crippen molar-refractivity contribution in [2.75, 3.05) is 19.0 Å². The molecule has 0 radical (unpaired) electrons. The highest BCUT2D eigenvalue weighted by Gasteiger charge is 2.44. The summed E-state index contributed by atoms with van der Waals surface area (Å²) >= 11 is 0. The van der Waals surface area contributed by atoms with Crippen molar-refractivity contribution in [1.29, 1.82) is 0 Å². The Morgan fingerprint density at radius 2 is 2.08 bits per heavy atom. The molecule has 1 amide bonds. The molecular weight excluding hydrogens is 454 g/mol. The van der Waals surface area contributed by atoms with Gasteiger partial charge in [-0.2, -0.15) is 0 Å². The van der Waals surface area contributed by atoms with Crippen molar-refractivity contribution in [3.05, 3.63) is 89.3 Å². The van der Waals surface area contributed by atoms with Crippen LogP contribution in [0.4, 0.5) is 10.5 Å². The first-order chi connectivity index (χ1) is 17.6. The molecule has 1 fully saturated rings. The van der Waals surface area contributed by atoms with Crippen LogP contribution in [0.15, 0.2) is 66.9 Å². The van der Waals surface area contributed by atoms with Crippen LogP contribution in [-0.2, 0) is 16.9 Å². The van der Waals surface area contributed by atoms with Crippen molar-refractivity contribution in [3.63, 3.8) is 0 Å². The van der Waals surface area contributed by atoms with Crippen LogP contribution in [0.1, 0.15) is 48.1 Å². The number of pyridine rings is 1. The van der Waals surface area contributed by atoms with Crippen LogP contribution in [0.3, 0.4) is 0 Å². The van der Waals surface area contributed by atoms with Gasteiger partial charge in [0.05, 0.1) is 18.5 Å². The Bertz CT molecular complexity index is 1330. The second kappa shape index (κ2) is 9.32. The highest BCUT2D eigenvalue weighted by atomic mass is 16.6. The Balaban J connectivity index is 1.20. The van der Waals surface area contributed by atoms with Crippen molar-refractivity contribution in [1.82, 2.24) is 10.3 Å². The second-order valence-corrected chi connectivity index (χ2v) is 9.51. The van der Waals surface area contributed by atoms with Gasteiger partial charge in [0.1, 0.15) is 18.1 Å². The SMILES string of the molecule is COc1ccc2c(c1)/C(=C/CCC1CCC3(CN1)OC(=O)Nc1ccccc13)c1cccnc1CO2. The zero-order valence-electron chi connectivity index (χ0n) is 20.3. The number of allylic oxidation sites excluding steroid dienone is 1. The summed E-state index contributed by atoms with van der Waals surface area (Å²) < 4.78 is 17.4. The zero-order valence-corrected chi connectivity index (χ0v) is 20.3. The first kappa shape index (κ1) is 22.6. The number of carbonyl (C=O) groups excluding carboxylic acids is 1. The number of aromatic nitrogens is 1. The third kappa shape index (κ3) is 4.09. The van der Waals surface area contributed by atoms with Gasteiger partial charge in [-0.1, -0.05) is 30.3 Å². The molecule has 2 atom stereocenters. The molecule has 184 valence electrons. The molecule has 2 unspecified atom stereocenters. The standard InChI is InChI=1S/C29H29N3O4/c1-34-20-11-12-27-23(16-20)21(22-8-5-15-30-26(22)17-35-27)7-4-6-19-13-14-29(18-31-19)24-9-2-3-10-25(24)32-28(33)36-29/h2-3,5,7-12,15-16,19,31H,4,6,13-14,17-18H2,1H3,(H,32,33)/b21-7+. The predicted octanol–water partition coefficient (Wildman–Crippen LogP) is 5.40. The number of anilines is 1. The van der Waals surface area contributed by atoms with E-state index >= 15 is 0 Å². The van der Waals surface area contributed by atoms with Gasteiger partial charge in [-0.15, -0.1) is 0 Å². The number of methoxy groups -OCH3 is 1. The van der Waals surface area contributed by atoms with Crippen LogP contribution in [0.5, 0.6) is 11.5 Å². The first-order valence-corrected chi connectivity index (χ1v) is 12.4. The molecule has 4 heterocycles. The number of fused-ring (bicyclic) bond motifs is 4. The number of nitrogens with one attached hydrogen (secondary N) is 2. The number of ether oxygens (including phenoxy) is 3. The lowest BCUT2D eigenvalue weighted by atomic mass is 9.81. The van der Waals surface area contributed by atoms with Crippen LogP contribution in [0, 0.1) is 0 Å². The lowest BCUT2D eigenvalue weighted by Crippen LogP contribution is -2.53. The molecule has 0 saturated carbocycles. The summed E-state index contributed by atoms with van der Waals surface area (Å²) in [6.07, 6.45) is 7.31. The van der Waals surface area contributed by atoms with Gasteiger partial charge in [0.25, 0.3) is 0 Å². The molecule has 7 nitrogen and oxygen atoms in total. The molecule has 2 N–H and O–H groups in total. The summed E-state index contributed by atoms with van der Waals surface area (Å²) in [7, 11) is 1.68. The van der Waals surface area contributed by atoms with Crippen LogP contribution in [0.2, 0.25) is 0 Å². The van der Waals surface area contributed by atoms with E-state index in [4.69, 9.17) is 14.2 Å². The fourth-order valence-corrected chi connectivity index (χ4v) is 5.54. The van der Waals surface area contributed by atoms with E-state index in [1.54, 1.807) is 7.11 Å². The molecule has 1 saturated heterocycles. The van der Waals surface area contributed by atoms with E-state index in [-0.39, 0.29) is 6.09 Å². The van der Waals surface area contributed by atoms with Gasteiger partial charge >= 0.3 is 6.09 Å². The second-order valence-electron chi connectivity index (χ2n) is 9.51. The minimum absolute atomic E-state index is 0.341. The maximum absolute atomic E-state index is 12.2. The summed E-state index contributed by atoms with van der Waals surface area (Å²) in [4.78, 5) is 16.8. The minimum atomic E-state index is -0.605. The lowest BCUT2D eigenvalue weighted by molar-refractivity contribution is -0.0157. The molecule has 3 aromatic rings. The molecule has 0 bridgehead atoms. The van der Waals surface area contributed by atoms with Crippen molar-refractivity contribution >= 4 is 17.4 Å². The largest absolute Gasteiger partial charge is 0.497 e. The number of rotatable bonds is 4. The number of hydrogen-bond acceptors (Lipinski definition) is 6. The van der Waals surface area contributed by atoms with Crippen LogP contribution >= 0.6 is 0 Å². The highest BCUT2D eigenvalue weighted by molar-refractivity contribution is 5.89. The first-order valence-electron chi connectivity index (χ1n) is 12.4. The number of carbonyl (C=O) groups is 1. The number of amides is 1. The molecule has 1 aromatic heterocycles. The van der Waals surface area contributed by atoms with Crippen molar-refractivity contribution in [2.45, 2.75) is 43.9 Å². The maximum Gasteiger partial charge on any atom is 0.412 e. The van der Waals surface area contributed by atoms with E-state index in [1.165, 1.54) is 0 Å². The third-order valence-electron chi connectivity index (χ3n) is 7.40. The number of piperidine rings is 1. The van der Waals surface area contributed by atoms with Crippen LogP contribution in [-0.4, -0.2) is 30.8 Å². The van der Waals surface area contributed by atoms with Gasteiger partial charge in [0.2, 0.25) is 0 Å². The Kier molecular flexibility index (Phi) is 5.85. The topological polar surface area (TPSA) is 81.7 Å². The third-order valence-corrected chi connectivity index (χ3v) is 7.40. The summed E-state index contributed by atoms with van der Waals surface area (Å²) in [6.45, 7) is 1.05.